The Kier molecular flexibility index (Phi) is 2.94. The van der Waals surface area contributed by atoms with E-state index in [1.807, 2.05) is 24.3 Å². The lowest BCUT2D eigenvalue weighted by Crippen LogP contribution is -2.56. The van der Waals surface area contributed by atoms with E-state index in [-0.39, 0.29) is 6.61 Å². The number of carboxylic acid groups (broad SMARTS) is 1. The molecule has 86 valence electrons. The number of carbonyl (C=O) groups is 1. The number of methoxy groups -OCH3 is 1. The van der Waals surface area contributed by atoms with Gasteiger partial charge in [0.05, 0.1) is 6.61 Å². The summed E-state index contributed by atoms with van der Waals surface area (Å²) in [5.41, 5.74) is 0.806. The van der Waals surface area contributed by atoms with Gasteiger partial charge in [0.15, 0.2) is 5.54 Å². The molecular weight excluding hydrogens is 206 g/mol. The molecule has 1 aliphatic rings. The zero-order valence-electron chi connectivity index (χ0n) is 9.19. The molecule has 2 N–H and O–H groups in total. The predicted octanol–water partition coefficient (Wildman–Crippen LogP) is 0.759. The fourth-order valence-electron chi connectivity index (χ4n) is 2.26. The van der Waals surface area contributed by atoms with Gasteiger partial charge in [0.2, 0.25) is 0 Å². The minimum absolute atomic E-state index is 0.138. The Labute approximate surface area is 94.2 Å². The normalized spacial score (nSPS) is 23.8. The Hall–Kier alpha value is -1.39. The Bertz CT molecular complexity index is 405. The second-order valence-electron chi connectivity index (χ2n) is 3.98. The summed E-state index contributed by atoms with van der Waals surface area (Å²) in [6.07, 6.45) is 0.856. The van der Waals surface area contributed by atoms with Crippen molar-refractivity contribution in [3.05, 3.63) is 35.4 Å². The molecule has 0 saturated heterocycles. The minimum Gasteiger partial charge on any atom is -0.480 e. The molecule has 0 radical (unpaired) electrons. The number of hydrogen-bond donors (Lipinski definition) is 2. The molecule has 16 heavy (non-hydrogen) atoms. The van der Waals surface area contributed by atoms with Crippen LogP contribution in [0.1, 0.15) is 11.1 Å². The van der Waals surface area contributed by atoms with E-state index < -0.39 is 11.5 Å². The Morgan fingerprint density at radius 1 is 1.56 bits per heavy atom. The third-order valence-electron chi connectivity index (χ3n) is 3.02. The van der Waals surface area contributed by atoms with E-state index in [1.165, 1.54) is 7.11 Å². The molecule has 2 rings (SSSR count). The highest BCUT2D eigenvalue weighted by atomic mass is 16.5. The highest BCUT2D eigenvalue weighted by Crippen LogP contribution is 2.29. The van der Waals surface area contributed by atoms with Crippen LogP contribution in [0.15, 0.2) is 24.3 Å². The van der Waals surface area contributed by atoms with Gasteiger partial charge in [-0.25, -0.2) is 4.79 Å². The first-order valence-corrected chi connectivity index (χ1v) is 5.26. The van der Waals surface area contributed by atoms with Gasteiger partial charge in [0.1, 0.15) is 0 Å². The molecule has 0 aromatic heterocycles. The zero-order chi connectivity index (χ0) is 11.6. The smallest absolute Gasteiger partial charge is 0.331 e. The summed E-state index contributed by atoms with van der Waals surface area (Å²) in [5.74, 6) is -0.887. The first kappa shape index (κ1) is 11.1. The van der Waals surface area contributed by atoms with Crippen LogP contribution in [0.4, 0.5) is 0 Å². The molecule has 0 aliphatic carbocycles. The van der Waals surface area contributed by atoms with E-state index in [2.05, 4.69) is 5.32 Å². The molecule has 0 fully saturated rings. The summed E-state index contributed by atoms with van der Waals surface area (Å²) in [6.45, 7) is 0.798. The van der Waals surface area contributed by atoms with Gasteiger partial charge in [-0.1, -0.05) is 24.3 Å². The van der Waals surface area contributed by atoms with Gasteiger partial charge < -0.3 is 9.84 Å². The van der Waals surface area contributed by atoms with E-state index >= 15 is 0 Å². The van der Waals surface area contributed by atoms with Crippen LogP contribution in [0.3, 0.4) is 0 Å². The largest absolute Gasteiger partial charge is 0.480 e. The van der Waals surface area contributed by atoms with Crippen LogP contribution in [0.2, 0.25) is 0 Å². The van der Waals surface area contributed by atoms with Crippen molar-refractivity contribution in [2.45, 2.75) is 12.0 Å². The van der Waals surface area contributed by atoms with Crippen molar-refractivity contribution in [2.75, 3.05) is 20.3 Å². The van der Waals surface area contributed by atoms with Crippen molar-refractivity contribution in [3.8, 4) is 0 Å². The second kappa shape index (κ2) is 4.23. The van der Waals surface area contributed by atoms with Crippen molar-refractivity contribution in [3.63, 3.8) is 0 Å². The summed E-state index contributed by atoms with van der Waals surface area (Å²) >= 11 is 0. The number of rotatable bonds is 3. The molecular formula is C12H15NO3. The van der Waals surface area contributed by atoms with Crippen LogP contribution >= 0.6 is 0 Å². The number of fused-ring (bicyclic) bond motifs is 1. The summed E-state index contributed by atoms with van der Waals surface area (Å²) in [7, 11) is 1.52. The van der Waals surface area contributed by atoms with E-state index in [0.29, 0.717) is 6.54 Å². The molecule has 4 nitrogen and oxygen atoms in total. The number of ether oxygens (including phenoxy) is 1. The van der Waals surface area contributed by atoms with Crippen molar-refractivity contribution in [1.82, 2.24) is 5.32 Å². The summed E-state index contributed by atoms with van der Waals surface area (Å²) < 4.78 is 5.06. The van der Waals surface area contributed by atoms with Gasteiger partial charge in [-0.2, -0.15) is 0 Å². The Morgan fingerprint density at radius 3 is 3.00 bits per heavy atom. The quantitative estimate of drug-likeness (QED) is 0.791. The van der Waals surface area contributed by atoms with Crippen LogP contribution in [0, 0.1) is 0 Å². The van der Waals surface area contributed by atoms with Crippen LogP contribution in [0.25, 0.3) is 0 Å². The lowest BCUT2D eigenvalue weighted by molar-refractivity contribution is -0.148. The fourth-order valence-corrected chi connectivity index (χ4v) is 2.26. The number of carboxylic acids is 1. The topological polar surface area (TPSA) is 58.6 Å². The van der Waals surface area contributed by atoms with Crippen LogP contribution in [0.5, 0.6) is 0 Å². The van der Waals surface area contributed by atoms with E-state index in [9.17, 15) is 9.90 Å². The second-order valence-corrected chi connectivity index (χ2v) is 3.98. The van der Waals surface area contributed by atoms with Gasteiger partial charge in [-0.05, 0) is 17.5 Å². The van der Waals surface area contributed by atoms with Crippen LogP contribution in [-0.2, 0) is 21.5 Å². The summed E-state index contributed by atoms with van der Waals surface area (Å²) in [4.78, 5) is 11.5. The first-order valence-electron chi connectivity index (χ1n) is 5.26. The molecule has 1 atom stereocenters. The molecule has 0 saturated carbocycles. The molecule has 1 aromatic rings. The molecule has 1 unspecified atom stereocenters. The monoisotopic (exact) mass is 221 g/mol. The SMILES string of the molecule is COCC1(C(=O)O)NCCc2ccccc21. The fraction of sp³-hybridized carbons (Fsp3) is 0.417. The molecule has 0 spiro atoms. The molecule has 1 aliphatic heterocycles. The van der Waals surface area contributed by atoms with Crippen molar-refractivity contribution in [1.29, 1.82) is 0 Å². The van der Waals surface area contributed by atoms with E-state index in [1.54, 1.807) is 0 Å². The van der Waals surface area contributed by atoms with Crippen molar-refractivity contribution >= 4 is 5.97 Å². The third kappa shape index (κ3) is 1.60. The number of nitrogens with one attached hydrogen (secondary N) is 1. The average molecular weight is 221 g/mol. The van der Waals surface area contributed by atoms with E-state index in [4.69, 9.17) is 4.74 Å². The van der Waals surface area contributed by atoms with Gasteiger partial charge in [-0.3, -0.25) is 5.32 Å². The molecule has 1 heterocycles. The molecule has 1 aromatic carbocycles. The third-order valence-corrected chi connectivity index (χ3v) is 3.02. The minimum atomic E-state index is -1.09. The predicted molar refractivity (Wildman–Crippen MR) is 59.3 cm³/mol. The maximum atomic E-state index is 11.5. The van der Waals surface area contributed by atoms with Crippen LogP contribution in [-0.4, -0.2) is 31.3 Å². The zero-order valence-corrected chi connectivity index (χ0v) is 9.19. The molecule has 0 bridgehead atoms. The van der Waals surface area contributed by atoms with Gasteiger partial charge in [-0.15, -0.1) is 0 Å². The number of benzene rings is 1. The van der Waals surface area contributed by atoms with Gasteiger partial charge in [0, 0.05) is 13.7 Å². The highest BCUT2D eigenvalue weighted by Gasteiger charge is 2.43. The maximum absolute atomic E-state index is 11.5. The number of hydrogen-bond acceptors (Lipinski definition) is 3. The van der Waals surface area contributed by atoms with Crippen molar-refractivity contribution < 1.29 is 14.6 Å². The van der Waals surface area contributed by atoms with Crippen molar-refractivity contribution in [2.24, 2.45) is 0 Å². The molecule has 4 heteroatoms. The lowest BCUT2D eigenvalue weighted by atomic mass is 9.83. The summed E-state index contributed by atoms with van der Waals surface area (Å²) in [5, 5.41) is 12.5. The Balaban J connectivity index is 2.52. The van der Waals surface area contributed by atoms with Crippen LogP contribution < -0.4 is 5.32 Å². The molecule has 0 amide bonds. The Morgan fingerprint density at radius 2 is 2.31 bits per heavy atom. The summed E-state index contributed by atoms with van der Waals surface area (Å²) in [6, 6.07) is 7.63. The average Bonchev–Trinajstić information content (AvgIpc) is 2.29. The first-order chi connectivity index (χ1) is 7.70. The standard InChI is InChI=1S/C12H15NO3/c1-16-8-12(11(14)15)10-5-3-2-4-9(10)6-7-13-12/h2-5,13H,6-8H2,1H3,(H,14,15). The lowest BCUT2D eigenvalue weighted by Gasteiger charge is -2.35. The number of aliphatic carboxylic acids is 1. The van der Waals surface area contributed by atoms with E-state index in [0.717, 1.165) is 17.5 Å². The highest BCUT2D eigenvalue weighted by molar-refractivity contribution is 5.82. The van der Waals surface area contributed by atoms with Gasteiger partial charge >= 0.3 is 5.97 Å². The maximum Gasteiger partial charge on any atom is 0.331 e. The van der Waals surface area contributed by atoms with Gasteiger partial charge in [0.25, 0.3) is 0 Å².